The van der Waals surface area contributed by atoms with E-state index in [0.29, 0.717) is 27.9 Å². The molecule has 2 atom stereocenters. The summed E-state index contributed by atoms with van der Waals surface area (Å²) < 4.78 is 14.2. The normalized spacial score (nSPS) is 14.6. The molecule has 0 saturated carbocycles. The van der Waals surface area contributed by atoms with Gasteiger partial charge in [-0.05, 0) is 43.1 Å². The zero-order chi connectivity index (χ0) is 24.6. The van der Waals surface area contributed by atoms with Crippen molar-refractivity contribution in [2.24, 2.45) is 0 Å². The number of aliphatic hydroxyl groups is 1. The Kier molecular flexibility index (Phi) is 6.84. The second-order valence-corrected chi connectivity index (χ2v) is 8.84. The lowest BCUT2D eigenvalue weighted by Gasteiger charge is -2.27. The molecule has 0 aliphatic carbocycles. The van der Waals surface area contributed by atoms with Gasteiger partial charge in [0.25, 0.3) is 5.91 Å². The van der Waals surface area contributed by atoms with Gasteiger partial charge < -0.3 is 15.3 Å². The Labute approximate surface area is 205 Å². The molecule has 3 aromatic rings. The molecule has 2 aromatic carbocycles. The van der Waals surface area contributed by atoms with Crippen molar-refractivity contribution < 1.29 is 19.1 Å². The number of amides is 2. The van der Waals surface area contributed by atoms with E-state index in [1.54, 1.807) is 37.3 Å². The van der Waals surface area contributed by atoms with Gasteiger partial charge in [0, 0.05) is 23.2 Å². The molecule has 0 bridgehead atoms. The molecule has 10 heteroatoms. The van der Waals surface area contributed by atoms with Crippen molar-refractivity contribution in [3.63, 3.8) is 0 Å². The Morgan fingerprint density at radius 3 is 2.76 bits per heavy atom. The number of aromatic nitrogens is 2. The van der Waals surface area contributed by atoms with Crippen LogP contribution in [0.1, 0.15) is 40.0 Å². The van der Waals surface area contributed by atoms with Crippen molar-refractivity contribution in [1.29, 1.82) is 0 Å². The molecule has 1 aromatic heterocycles. The maximum absolute atomic E-state index is 14.2. The van der Waals surface area contributed by atoms with E-state index in [1.165, 1.54) is 17.2 Å². The first kappa shape index (κ1) is 24.1. The highest BCUT2D eigenvalue weighted by Gasteiger charge is 2.37. The van der Waals surface area contributed by atoms with E-state index in [4.69, 9.17) is 23.2 Å². The Bertz CT molecular complexity index is 1290. The van der Waals surface area contributed by atoms with Gasteiger partial charge in [-0.3, -0.25) is 9.59 Å². The molecule has 0 spiro atoms. The number of hydrogen-bond donors (Lipinski definition) is 2. The Hall–Kier alpha value is -3.07. The lowest BCUT2D eigenvalue weighted by molar-refractivity contribution is -0.127. The van der Waals surface area contributed by atoms with Crippen LogP contribution in [-0.4, -0.2) is 44.4 Å². The third kappa shape index (κ3) is 4.61. The van der Waals surface area contributed by atoms with Crippen molar-refractivity contribution in [3.8, 4) is 11.3 Å². The standard InChI is InChI=1S/C24H21Cl2FN4O3/c1-12-3-6-19(27)16(7-12)13(2)29-22(33)20(11-32)31-10-15-5-4-14(8-17(15)23(31)34)21-18(25)9-28-24(26)30-21/h3-9,13,20,32H,10-11H2,1-2H3,(H,29,33)/t13-,20-/m1/s1. The van der Waals surface area contributed by atoms with Crippen LogP contribution in [0.25, 0.3) is 11.3 Å². The largest absolute Gasteiger partial charge is 0.394 e. The number of aryl methyl sites for hydroxylation is 1. The summed E-state index contributed by atoms with van der Waals surface area (Å²) in [4.78, 5) is 35.4. The van der Waals surface area contributed by atoms with E-state index in [0.717, 1.165) is 5.56 Å². The van der Waals surface area contributed by atoms with Gasteiger partial charge in [0.2, 0.25) is 11.2 Å². The number of fused-ring (bicyclic) bond motifs is 1. The summed E-state index contributed by atoms with van der Waals surface area (Å²) in [6.07, 6.45) is 1.37. The van der Waals surface area contributed by atoms with Gasteiger partial charge in [-0.25, -0.2) is 14.4 Å². The van der Waals surface area contributed by atoms with Crippen molar-refractivity contribution in [1.82, 2.24) is 20.2 Å². The maximum atomic E-state index is 14.2. The highest BCUT2D eigenvalue weighted by atomic mass is 35.5. The third-order valence-electron chi connectivity index (χ3n) is 5.76. The van der Waals surface area contributed by atoms with Gasteiger partial charge in [0.15, 0.2) is 0 Å². The van der Waals surface area contributed by atoms with Crippen molar-refractivity contribution in [3.05, 3.63) is 81.0 Å². The quantitative estimate of drug-likeness (QED) is 0.495. The summed E-state index contributed by atoms with van der Waals surface area (Å²) in [7, 11) is 0. The molecular weight excluding hydrogens is 482 g/mol. The molecular formula is C24H21Cl2FN4O3. The van der Waals surface area contributed by atoms with E-state index < -0.39 is 36.3 Å². The van der Waals surface area contributed by atoms with Gasteiger partial charge >= 0.3 is 0 Å². The number of hydrogen-bond acceptors (Lipinski definition) is 5. The van der Waals surface area contributed by atoms with Crippen LogP contribution in [0.15, 0.2) is 42.6 Å². The fraction of sp³-hybridized carbons (Fsp3) is 0.250. The summed E-state index contributed by atoms with van der Waals surface area (Å²) in [5.41, 5.74) is 3.17. The van der Waals surface area contributed by atoms with Crippen LogP contribution in [0.5, 0.6) is 0 Å². The minimum Gasteiger partial charge on any atom is -0.394 e. The number of rotatable bonds is 6. The monoisotopic (exact) mass is 502 g/mol. The molecule has 4 rings (SSSR count). The molecule has 34 heavy (non-hydrogen) atoms. The SMILES string of the molecule is Cc1ccc(F)c([C@@H](C)NC(=O)[C@@H](CO)N2Cc3ccc(-c4nc(Cl)ncc4Cl)cc3C2=O)c1. The zero-order valence-electron chi connectivity index (χ0n) is 18.3. The first-order chi connectivity index (χ1) is 16.2. The molecule has 7 nitrogen and oxygen atoms in total. The summed E-state index contributed by atoms with van der Waals surface area (Å²) in [6.45, 7) is 3.02. The Morgan fingerprint density at radius 1 is 1.26 bits per heavy atom. The average Bonchev–Trinajstić information content (AvgIpc) is 3.13. The van der Waals surface area contributed by atoms with E-state index in [1.807, 2.05) is 6.92 Å². The lowest BCUT2D eigenvalue weighted by Crippen LogP contribution is -2.49. The first-order valence-electron chi connectivity index (χ1n) is 10.5. The van der Waals surface area contributed by atoms with Crippen LogP contribution >= 0.6 is 23.2 Å². The van der Waals surface area contributed by atoms with Crippen molar-refractivity contribution in [2.45, 2.75) is 32.5 Å². The van der Waals surface area contributed by atoms with Crippen LogP contribution in [0.2, 0.25) is 10.3 Å². The van der Waals surface area contributed by atoms with Crippen LogP contribution in [0.3, 0.4) is 0 Å². The summed E-state index contributed by atoms with van der Waals surface area (Å²) >= 11 is 12.1. The minimum absolute atomic E-state index is 0.0176. The van der Waals surface area contributed by atoms with E-state index >= 15 is 0 Å². The fourth-order valence-electron chi connectivity index (χ4n) is 3.98. The first-order valence-corrected chi connectivity index (χ1v) is 11.2. The number of carbonyl (C=O) groups excluding carboxylic acids is 2. The average molecular weight is 503 g/mol. The third-order valence-corrected chi connectivity index (χ3v) is 6.22. The molecule has 1 aliphatic heterocycles. The predicted octanol–water partition coefficient (Wildman–Crippen LogP) is 4.09. The molecule has 1 aliphatic rings. The zero-order valence-corrected chi connectivity index (χ0v) is 19.9. The van der Waals surface area contributed by atoms with Gasteiger partial charge in [-0.15, -0.1) is 0 Å². The summed E-state index contributed by atoms with van der Waals surface area (Å²) in [6, 6.07) is 7.94. The van der Waals surface area contributed by atoms with Gasteiger partial charge in [0.05, 0.1) is 29.6 Å². The Balaban J connectivity index is 1.55. The molecule has 0 fully saturated rings. The number of nitrogens with one attached hydrogen (secondary N) is 1. The van der Waals surface area contributed by atoms with Crippen LogP contribution in [0, 0.1) is 12.7 Å². The van der Waals surface area contributed by atoms with Gasteiger partial charge in [-0.1, -0.05) is 41.4 Å². The number of halogens is 3. The summed E-state index contributed by atoms with van der Waals surface area (Å²) in [5.74, 6) is -1.45. The maximum Gasteiger partial charge on any atom is 0.255 e. The van der Waals surface area contributed by atoms with Crippen molar-refractivity contribution in [2.75, 3.05) is 6.61 Å². The second kappa shape index (κ2) is 9.66. The molecule has 2 amide bonds. The van der Waals surface area contributed by atoms with E-state index in [2.05, 4.69) is 15.3 Å². The second-order valence-electron chi connectivity index (χ2n) is 8.09. The van der Waals surface area contributed by atoms with Gasteiger partial charge in [-0.2, -0.15) is 0 Å². The minimum atomic E-state index is -1.14. The lowest BCUT2D eigenvalue weighted by atomic mass is 10.0. The molecule has 0 saturated heterocycles. The van der Waals surface area contributed by atoms with E-state index in [-0.39, 0.29) is 16.9 Å². The summed E-state index contributed by atoms with van der Waals surface area (Å²) in [5, 5.41) is 13.0. The molecule has 2 N–H and O–H groups in total. The molecule has 0 radical (unpaired) electrons. The van der Waals surface area contributed by atoms with Crippen LogP contribution < -0.4 is 5.32 Å². The molecule has 176 valence electrons. The number of aliphatic hydroxyl groups excluding tert-OH is 1. The smallest absolute Gasteiger partial charge is 0.255 e. The molecule has 0 unspecified atom stereocenters. The predicted molar refractivity (Wildman–Crippen MR) is 126 cm³/mol. The van der Waals surface area contributed by atoms with Crippen LogP contribution in [0.4, 0.5) is 4.39 Å². The number of carbonyl (C=O) groups is 2. The fourth-order valence-corrected chi connectivity index (χ4v) is 4.31. The highest BCUT2D eigenvalue weighted by Crippen LogP contribution is 2.32. The topological polar surface area (TPSA) is 95.4 Å². The van der Waals surface area contributed by atoms with E-state index in [9.17, 15) is 19.1 Å². The number of nitrogens with zero attached hydrogens (tertiary/aromatic N) is 3. The van der Waals surface area contributed by atoms with Crippen molar-refractivity contribution >= 4 is 35.0 Å². The number of benzene rings is 2. The highest BCUT2D eigenvalue weighted by molar-refractivity contribution is 6.33. The Morgan fingerprint density at radius 2 is 2.03 bits per heavy atom. The molecule has 2 heterocycles. The van der Waals surface area contributed by atoms with Gasteiger partial charge in [0.1, 0.15) is 11.9 Å². The van der Waals surface area contributed by atoms with Crippen LogP contribution in [-0.2, 0) is 11.3 Å².